The summed E-state index contributed by atoms with van der Waals surface area (Å²) in [6, 6.07) is 12.4. The molecule has 1 N–H and O–H groups in total. The van der Waals surface area contributed by atoms with Gasteiger partial charge in [0.2, 0.25) is 0 Å². The fourth-order valence-corrected chi connectivity index (χ4v) is 5.26. The third-order valence-corrected chi connectivity index (χ3v) is 6.09. The number of carbonyl (C=O) groups excluding carboxylic acids is 1. The lowest BCUT2D eigenvalue weighted by Gasteiger charge is -2.09. The van der Waals surface area contributed by atoms with E-state index in [4.69, 9.17) is 4.74 Å². The molecule has 1 heterocycles. The molecule has 0 bridgehead atoms. The van der Waals surface area contributed by atoms with Crippen LogP contribution in [0.25, 0.3) is 10.1 Å². The number of anilines is 1. The van der Waals surface area contributed by atoms with E-state index in [9.17, 15) is 17.6 Å². The zero-order chi connectivity index (χ0) is 18.0. The number of hydrogen-bond acceptors (Lipinski definition) is 5. The highest BCUT2D eigenvalue weighted by molar-refractivity contribution is 7.93. The Bertz CT molecular complexity index is 1030. The Balaban J connectivity index is 2.22. The number of esters is 1. The van der Waals surface area contributed by atoms with Gasteiger partial charge in [-0.05, 0) is 31.2 Å². The maximum Gasteiger partial charge on any atom is 0.349 e. The van der Waals surface area contributed by atoms with E-state index in [-0.39, 0.29) is 16.9 Å². The van der Waals surface area contributed by atoms with Crippen LogP contribution in [0.1, 0.15) is 16.6 Å². The van der Waals surface area contributed by atoms with Gasteiger partial charge >= 0.3 is 5.97 Å². The Labute approximate surface area is 148 Å². The molecule has 130 valence electrons. The van der Waals surface area contributed by atoms with Crippen LogP contribution in [0, 0.1) is 5.82 Å². The highest BCUT2D eigenvalue weighted by Crippen LogP contribution is 2.37. The molecule has 0 saturated carbocycles. The lowest BCUT2D eigenvalue weighted by molar-refractivity contribution is 0.0528. The van der Waals surface area contributed by atoms with Gasteiger partial charge in [-0.3, -0.25) is 4.72 Å². The number of hydrogen-bond donors (Lipinski definition) is 1. The van der Waals surface area contributed by atoms with E-state index in [0.717, 1.165) is 17.4 Å². The Morgan fingerprint density at radius 2 is 1.88 bits per heavy atom. The predicted molar refractivity (Wildman–Crippen MR) is 95.0 cm³/mol. The minimum absolute atomic E-state index is 0.0845. The SMILES string of the molecule is CCOC(=O)c1sc2cccc(F)c2c1S(=O)(=O)Nc1ccccc1. The van der Waals surface area contributed by atoms with Crippen molar-refractivity contribution in [2.45, 2.75) is 11.8 Å². The molecule has 8 heteroatoms. The molecule has 2 aromatic carbocycles. The first-order chi connectivity index (χ1) is 11.9. The fourth-order valence-electron chi connectivity index (χ4n) is 2.38. The zero-order valence-electron chi connectivity index (χ0n) is 13.2. The molecule has 0 atom stereocenters. The molecule has 0 unspecified atom stereocenters. The summed E-state index contributed by atoms with van der Waals surface area (Å²) in [7, 11) is -4.19. The molecule has 0 spiro atoms. The number of thiophene rings is 1. The predicted octanol–water partition coefficient (Wildman–Crippen LogP) is 4.02. The first kappa shape index (κ1) is 17.4. The molecule has 3 rings (SSSR count). The van der Waals surface area contributed by atoms with Crippen molar-refractivity contribution in [2.75, 3.05) is 11.3 Å². The second-order valence-electron chi connectivity index (χ2n) is 5.07. The maximum absolute atomic E-state index is 14.3. The second-order valence-corrected chi connectivity index (χ2v) is 7.74. The Hall–Kier alpha value is -2.45. The minimum Gasteiger partial charge on any atom is -0.462 e. The molecular formula is C17H14FNO4S2. The monoisotopic (exact) mass is 379 g/mol. The summed E-state index contributed by atoms with van der Waals surface area (Å²) in [4.78, 5) is 11.7. The summed E-state index contributed by atoms with van der Waals surface area (Å²) < 4.78 is 47.8. The number of nitrogens with one attached hydrogen (secondary N) is 1. The van der Waals surface area contributed by atoms with Crippen molar-refractivity contribution >= 4 is 43.1 Å². The number of para-hydroxylation sites is 1. The van der Waals surface area contributed by atoms with Gasteiger partial charge in [-0.2, -0.15) is 0 Å². The van der Waals surface area contributed by atoms with Crippen molar-refractivity contribution in [1.82, 2.24) is 0 Å². The normalized spacial score (nSPS) is 11.4. The summed E-state index contributed by atoms with van der Waals surface area (Å²) in [6.07, 6.45) is 0. The summed E-state index contributed by atoms with van der Waals surface area (Å²) in [5, 5.41) is -0.112. The van der Waals surface area contributed by atoms with Crippen LogP contribution in [0.5, 0.6) is 0 Å². The lowest BCUT2D eigenvalue weighted by Crippen LogP contribution is -2.16. The smallest absolute Gasteiger partial charge is 0.349 e. The van der Waals surface area contributed by atoms with Gasteiger partial charge in [-0.15, -0.1) is 11.3 Å². The molecule has 1 aromatic heterocycles. The van der Waals surface area contributed by atoms with Crippen molar-refractivity contribution in [1.29, 1.82) is 0 Å². The first-order valence-corrected chi connectivity index (χ1v) is 9.70. The van der Waals surface area contributed by atoms with E-state index in [2.05, 4.69) is 4.72 Å². The zero-order valence-corrected chi connectivity index (χ0v) is 14.8. The van der Waals surface area contributed by atoms with E-state index >= 15 is 0 Å². The number of benzene rings is 2. The summed E-state index contributed by atoms with van der Waals surface area (Å²) in [6.45, 7) is 1.70. The quantitative estimate of drug-likeness (QED) is 0.680. The van der Waals surface area contributed by atoms with Gasteiger partial charge in [0.25, 0.3) is 10.0 Å². The van der Waals surface area contributed by atoms with Crippen LogP contribution in [0.2, 0.25) is 0 Å². The van der Waals surface area contributed by atoms with E-state index < -0.39 is 26.7 Å². The van der Waals surface area contributed by atoms with Gasteiger partial charge in [0, 0.05) is 15.8 Å². The largest absolute Gasteiger partial charge is 0.462 e. The topological polar surface area (TPSA) is 72.5 Å². The number of sulfonamides is 1. The molecule has 0 aliphatic carbocycles. The molecule has 5 nitrogen and oxygen atoms in total. The van der Waals surface area contributed by atoms with Gasteiger partial charge in [0.1, 0.15) is 15.6 Å². The minimum atomic E-state index is -4.19. The molecule has 0 saturated heterocycles. The first-order valence-electron chi connectivity index (χ1n) is 7.40. The third kappa shape index (κ3) is 3.35. The number of ether oxygens (including phenoxy) is 1. The molecule has 3 aromatic rings. The highest BCUT2D eigenvalue weighted by Gasteiger charge is 2.31. The van der Waals surface area contributed by atoms with Crippen LogP contribution < -0.4 is 4.72 Å². The van der Waals surface area contributed by atoms with Crippen LogP contribution in [-0.4, -0.2) is 21.0 Å². The fraction of sp³-hybridized carbons (Fsp3) is 0.118. The van der Waals surface area contributed by atoms with Crippen LogP contribution >= 0.6 is 11.3 Å². The molecule has 0 fully saturated rings. The van der Waals surface area contributed by atoms with Crippen LogP contribution in [0.3, 0.4) is 0 Å². The summed E-state index contributed by atoms with van der Waals surface area (Å²) in [5.41, 5.74) is 0.313. The Morgan fingerprint density at radius 1 is 1.16 bits per heavy atom. The molecular weight excluding hydrogens is 365 g/mol. The van der Waals surface area contributed by atoms with Gasteiger partial charge < -0.3 is 4.74 Å². The van der Waals surface area contributed by atoms with E-state index in [0.29, 0.717) is 10.4 Å². The van der Waals surface area contributed by atoms with E-state index in [1.165, 1.54) is 6.07 Å². The van der Waals surface area contributed by atoms with Crippen LogP contribution in [-0.2, 0) is 14.8 Å². The van der Waals surface area contributed by atoms with Crippen molar-refractivity contribution in [3.05, 3.63) is 59.2 Å². The summed E-state index contributed by atoms with van der Waals surface area (Å²) >= 11 is 0.890. The van der Waals surface area contributed by atoms with Crippen molar-refractivity contribution in [2.24, 2.45) is 0 Å². The number of fused-ring (bicyclic) bond motifs is 1. The summed E-state index contributed by atoms with van der Waals surface area (Å²) in [5.74, 6) is -1.51. The van der Waals surface area contributed by atoms with Crippen molar-refractivity contribution in [3.63, 3.8) is 0 Å². The van der Waals surface area contributed by atoms with Crippen LogP contribution in [0.4, 0.5) is 10.1 Å². The van der Waals surface area contributed by atoms with Gasteiger partial charge in [0.05, 0.1) is 6.61 Å². The molecule has 0 aliphatic rings. The Morgan fingerprint density at radius 3 is 2.56 bits per heavy atom. The number of rotatable bonds is 5. The molecule has 0 radical (unpaired) electrons. The Kier molecular flexibility index (Phi) is 4.73. The van der Waals surface area contributed by atoms with Gasteiger partial charge in [-0.1, -0.05) is 24.3 Å². The van der Waals surface area contributed by atoms with Crippen molar-refractivity contribution in [3.8, 4) is 0 Å². The van der Waals surface area contributed by atoms with Crippen LogP contribution in [0.15, 0.2) is 53.4 Å². The third-order valence-electron chi connectivity index (χ3n) is 3.38. The number of halogens is 1. The molecule has 0 aliphatic heterocycles. The molecule has 0 amide bonds. The standard InChI is InChI=1S/C17H14FNO4S2/c1-2-23-17(20)15-16(14-12(18)9-6-10-13(14)24-15)25(21,22)19-11-7-4-3-5-8-11/h3-10,19H,2H2,1H3. The van der Waals surface area contributed by atoms with Gasteiger partial charge in [-0.25, -0.2) is 17.6 Å². The average Bonchev–Trinajstić information content (AvgIpc) is 2.98. The average molecular weight is 379 g/mol. The van der Waals surface area contributed by atoms with E-state index in [1.807, 2.05) is 0 Å². The van der Waals surface area contributed by atoms with E-state index in [1.54, 1.807) is 43.3 Å². The van der Waals surface area contributed by atoms with Crippen molar-refractivity contribution < 1.29 is 22.3 Å². The lowest BCUT2D eigenvalue weighted by atomic mass is 10.2. The second kappa shape index (κ2) is 6.81. The van der Waals surface area contributed by atoms with Gasteiger partial charge in [0.15, 0.2) is 0 Å². The molecule has 25 heavy (non-hydrogen) atoms. The highest BCUT2D eigenvalue weighted by atomic mass is 32.2. The maximum atomic E-state index is 14.3. The number of carbonyl (C=O) groups is 1.